The molecule has 2 heterocycles. The predicted octanol–water partition coefficient (Wildman–Crippen LogP) is 1.43. The molecule has 0 radical (unpaired) electrons. The molecule has 2 aliphatic heterocycles. The van der Waals surface area contributed by atoms with E-state index in [1.807, 2.05) is 0 Å². The van der Waals surface area contributed by atoms with Gasteiger partial charge in [0.15, 0.2) is 0 Å². The van der Waals surface area contributed by atoms with E-state index >= 15 is 0 Å². The summed E-state index contributed by atoms with van der Waals surface area (Å²) in [5.41, 5.74) is -0.444. The van der Waals surface area contributed by atoms with Gasteiger partial charge in [-0.25, -0.2) is 0 Å². The predicted molar refractivity (Wildman–Crippen MR) is 47.4 cm³/mol. The van der Waals surface area contributed by atoms with Gasteiger partial charge in [-0.15, -0.1) is 0 Å². The molecule has 0 aromatic carbocycles. The van der Waals surface area contributed by atoms with Crippen LogP contribution in [0.1, 0.15) is 39.0 Å². The van der Waals surface area contributed by atoms with Crippen LogP contribution in [0, 0.1) is 0 Å². The van der Waals surface area contributed by atoms with Crippen LogP contribution in [-0.4, -0.2) is 38.8 Å². The second kappa shape index (κ2) is 3.20. The maximum atomic E-state index is 9.94. The van der Waals surface area contributed by atoms with Crippen LogP contribution < -0.4 is 0 Å². The third-order valence-corrected chi connectivity index (χ3v) is 3.55. The van der Waals surface area contributed by atoms with E-state index in [0.29, 0.717) is 6.54 Å². The quantitative estimate of drug-likeness (QED) is 0.650. The average Bonchev–Trinajstić information content (AvgIpc) is 2.63. The molecule has 2 fully saturated rings. The molecule has 4 heteroatoms. The lowest BCUT2D eigenvalue weighted by molar-refractivity contribution is -0.287. The zero-order valence-corrected chi connectivity index (χ0v) is 8.11. The van der Waals surface area contributed by atoms with Gasteiger partial charge in [-0.05, 0) is 32.1 Å². The van der Waals surface area contributed by atoms with E-state index in [1.165, 1.54) is 10.1 Å². The SMILES string of the molecule is CCC1CCC2(CCCN2O)N1O. The van der Waals surface area contributed by atoms with E-state index in [0.717, 1.165) is 32.1 Å². The minimum Gasteiger partial charge on any atom is -0.312 e. The standard InChI is InChI=1S/C9H18N2O2/c1-2-8-4-6-9(11(8)13)5-3-7-10(9)12/h8,12-13H,2-7H2,1H3. The first-order valence-corrected chi connectivity index (χ1v) is 5.15. The lowest BCUT2D eigenvalue weighted by Gasteiger charge is -2.36. The van der Waals surface area contributed by atoms with Crippen molar-refractivity contribution in [1.29, 1.82) is 0 Å². The fourth-order valence-electron chi connectivity index (χ4n) is 2.69. The van der Waals surface area contributed by atoms with Gasteiger partial charge in [0.2, 0.25) is 0 Å². The smallest absolute Gasteiger partial charge is 0.121 e. The molecule has 2 rings (SSSR count). The van der Waals surface area contributed by atoms with Gasteiger partial charge in [0.05, 0.1) is 0 Å². The fourth-order valence-corrected chi connectivity index (χ4v) is 2.69. The normalized spacial score (nSPS) is 42.2. The van der Waals surface area contributed by atoms with E-state index < -0.39 is 5.66 Å². The van der Waals surface area contributed by atoms with Crippen LogP contribution in [0.2, 0.25) is 0 Å². The Morgan fingerprint density at radius 1 is 1.38 bits per heavy atom. The van der Waals surface area contributed by atoms with Gasteiger partial charge in [-0.1, -0.05) is 6.92 Å². The molecule has 0 bridgehead atoms. The topological polar surface area (TPSA) is 46.9 Å². The van der Waals surface area contributed by atoms with Gasteiger partial charge >= 0.3 is 0 Å². The van der Waals surface area contributed by atoms with Gasteiger partial charge in [0, 0.05) is 12.6 Å². The second-order valence-corrected chi connectivity index (χ2v) is 4.15. The van der Waals surface area contributed by atoms with Crippen molar-refractivity contribution in [3.8, 4) is 0 Å². The highest BCUT2D eigenvalue weighted by Gasteiger charge is 2.51. The molecule has 2 atom stereocenters. The van der Waals surface area contributed by atoms with Gasteiger partial charge in [-0.3, -0.25) is 0 Å². The van der Waals surface area contributed by atoms with Crippen LogP contribution in [-0.2, 0) is 0 Å². The van der Waals surface area contributed by atoms with Crippen molar-refractivity contribution >= 4 is 0 Å². The molecule has 0 aliphatic carbocycles. The van der Waals surface area contributed by atoms with Crippen molar-refractivity contribution in [2.75, 3.05) is 6.54 Å². The number of hydrogen-bond donors (Lipinski definition) is 2. The Hall–Kier alpha value is -0.160. The summed E-state index contributed by atoms with van der Waals surface area (Å²) in [5, 5.41) is 22.3. The Morgan fingerprint density at radius 2 is 2.15 bits per heavy atom. The van der Waals surface area contributed by atoms with E-state index in [-0.39, 0.29) is 6.04 Å². The van der Waals surface area contributed by atoms with Crippen molar-refractivity contribution in [1.82, 2.24) is 10.1 Å². The second-order valence-electron chi connectivity index (χ2n) is 4.15. The zero-order valence-electron chi connectivity index (χ0n) is 8.11. The molecule has 76 valence electrons. The third-order valence-electron chi connectivity index (χ3n) is 3.55. The number of rotatable bonds is 1. The minimum atomic E-state index is -0.444. The molecular weight excluding hydrogens is 168 g/mol. The molecule has 0 aromatic rings. The zero-order chi connectivity index (χ0) is 9.47. The fraction of sp³-hybridized carbons (Fsp3) is 1.00. The van der Waals surface area contributed by atoms with Crippen LogP contribution >= 0.6 is 0 Å². The van der Waals surface area contributed by atoms with Crippen LogP contribution in [0.3, 0.4) is 0 Å². The molecule has 1 spiro atoms. The van der Waals surface area contributed by atoms with Gasteiger partial charge in [0.25, 0.3) is 0 Å². The summed E-state index contributed by atoms with van der Waals surface area (Å²) in [5.74, 6) is 0. The molecule has 2 N–H and O–H groups in total. The molecule has 4 nitrogen and oxygen atoms in total. The summed E-state index contributed by atoms with van der Waals surface area (Å²) in [6.45, 7) is 2.76. The highest BCUT2D eigenvalue weighted by atomic mass is 16.6. The molecule has 0 amide bonds. The van der Waals surface area contributed by atoms with Crippen molar-refractivity contribution in [3.63, 3.8) is 0 Å². The maximum Gasteiger partial charge on any atom is 0.121 e. The summed E-state index contributed by atoms with van der Waals surface area (Å²) in [7, 11) is 0. The van der Waals surface area contributed by atoms with Crippen LogP contribution in [0.25, 0.3) is 0 Å². The average molecular weight is 186 g/mol. The molecule has 2 aliphatic rings. The highest BCUT2D eigenvalue weighted by molar-refractivity contribution is 4.96. The summed E-state index contributed by atoms with van der Waals surface area (Å²) in [4.78, 5) is 0. The third kappa shape index (κ3) is 1.21. The van der Waals surface area contributed by atoms with Gasteiger partial charge < -0.3 is 10.4 Å². The lowest BCUT2D eigenvalue weighted by Crippen LogP contribution is -2.52. The number of hydrogen-bond acceptors (Lipinski definition) is 4. The maximum absolute atomic E-state index is 9.94. The Kier molecular flexibility index (Phi) is 2.32. The van der Waals surface area contributed by atoms with E-state index in [4.69, 9.17) is 0 Å². The summed E-state index contributed by atoms with van der Waals surface area (Å²) in [6, 6.07) is 0.229. The van der Waals surface area contributed by atoms with Crippen molar-refractivity contribution in [2.45, 2.75) is 50.7 Å². The largest absolute Gasteiger partial charge is 0.312 e. The molecule has 13 heavy (non-hydrogen) atoms. The Morgan fingerprint density at radius 3 is 2.62 bits per heavy atom. The summed E-state index contributed by atoms with van der Waals surface area (Å²) < 4.78 is 0. The van der Waals surface area contributed by atoms with Gasteiger partial charge in [-0.2, -0.15) is 10.1 Å². The number of nitrogens with zero attached hydrogens (tertiary/aromatic N) is 2. The van der Waals surface area contributed by atoms with Crippen LogP contribution in [0.5, 0.6) is 0 Å². The van der Waals surface area contributed by atoms with Crippen LogP contribution in [0.4, 0.5) is 0 Å². The Balaban J connectivity index is 2.15. The van der Waals surface area contributed by atoms with E-state index in [1.54, 1.807) is 0 Å². The minimum absolute atomic E-state index is 0.229. The Labute approximate surface area is 78.7 Å². The first-order chi connectivity index (χ1) is 6.20. The highest BCUT2D eigenvalue weighted by Crippen LogP contribution is 2.42. The van der Waals surface area contributed by atoms with Crippen molar-refractivity contribution in [2.24, 2.45) is 0 Å². The van der Waals surface area contributed by atoms with Gasteiger partial charge in [0.1, 0.15) is 5.66 Å². The number of hydroxylamine groups is 4. The first kappa shape index (κ1) is 9.40. The summed E-state index contributed by atoms with van der Waals surface area (Å²) >= 11 is 0. The van der Waals surface area contributed by atoms with Crippen LogP contribution in [0.15, 0.2) is 0 Å². The van der Waals surface area contributed by atoms with E-state index in [9.17, 15) is 10.4 Å². The molecule has 0 saturated carbocycles. The Bertz CT molecular complexity index is 200. The monoisotopic (exact) mass is 186 g/mol. The first-order valence-electron chi connectivity index (χ1n) is 5.15. The summed E-state index contributed by atoms with van der Waals surface area (Å²) in [6.07, 6.45) is 4.69. The molecule has 2 saturated heterocycles. The van der Waals surface area contributed by atoms with E-state index in [2.05, 4.69) is 6.92 Å². The molecule has 0 aromatic heterocycles. The van der Waals surface area contributed by atoms with Crippen molar-refractivity contribution < 1.29 is 10.4 Å². The molecular formula is C9H18N2O2. The van der Waals surface area contributed by atoms with Crippen molar-refractivity contribution in [3.05, 3.63) is 0 Å². The lowest BCUT2D eigenvalue weighted by atomic mass is 10.1. The molecule has 2 unspecified atom stereocenters.